The van der Waals surface area contributed by atoms with E-state index in [1.165, 1.54) is 6.07 Å². The predicted octanol–water partition coefficient (Wildman–Crippen LogP) is 2.28. The SMILES string of the molecule is Cl.N[C@@H](c1ccc2ccccc2n1)C(F)(F)CO. The van der Waals surface area contributed by atoms with Gasteiger partial charge in [0.15, 0.2) is 0 Å². The van der Waals surface area contributed by atoms with Gasteiger partial charge in [-0.15, -0.1) is 12.4 Å². The number of rotatable bonds is 3. The Labute approximate surface area is 109 Å². The molecule has 0 radical (unpaired) electrons. The summed E-state index contributed by atoms with van der Waals surface area (Å²) in [5.74, 6) is -3.37. The molecule has 1 aromatic carbocycles. The molecular formula is C12H13ClF2N2O. The maximum Gasteiger partial charge on any atom is 0.291 e. The number of hydrogen-bond donors (Lipinski definition) is 2. The molecule has 1 atom stereocenters. The number of halogens is 3. The van der Waals surface area contributed by atoms with E-state index in [-0.39, 0.29) is 18.1 Å². The van der Waals surface area contributed by atoms with Crippen LogP contribution < -0.4 is 5.73 Å². The van der Waals surface area contributed by atoms with Crippen molar-refractivity contribution in [2.75, 3.05) is 6.61 Å². The second-order valence-electron chi connectivity index (χ2n) is 3.83. The lowest BCUT2D eigenvalue weighted by Gasteiger charge is -2.20. The van der Waals surface area contributed by atoms with Crippen LogP contribution in [0.1, 0.15) is 11.7 Å². The van der Waals surface area contributed by atoms with Gasteiger partial charge in [0.05, 0.1) is 11.2 Å². The Hall–Kier alpha value is -1.30. The van der Waals surface area contributed by atoms with Gasteiger partial charge < -0.3 is 10.8 Å². The topological polar surface area (TPSA) is 59.1 Å². The van der Waals surface area contributed by atoms with Crippen LogP contribution in [0.5, 0.6) is 0 Å². The van der Waals surface area contributed by atoms with E-state index in [4.69, 9.17) is 10.8 Å². The first kappa shape index (κ1) is 14.8. The number of aliphatic hydroxyl groups excluding tert-OH is 1. The van der Waals surface area contributed by atoms with E-state index in [2.05, 4.69) is 4.98 Å². The van der Waals surface area contributed by atoms with Crippen LogP contribution in [0.4, 0.5) is 8.78 Å². The van der Waals surface area contributed by atoms with E-state index in [1.54, 1.807) is 18.2 Å². The lowest BCUT2D eigenvalue weighted by Crippen LogP contribution is -2.36. The van der Waals surface area contributed by atoms with Crippen molar-refractivity contribution in [3.05, 3.63) is 42.1 Å². The molecule has 0 aliphatic rings. The van der Waals surface area contributed by atoms with Gasteiger partial charge in [0.25, 0.3) is 5.92 Å². The first-order valence-corrected chi connectivity index (χ1v) is 5.14. The molecule has 0 amide bonds. The molecule has 0 unspecified atom stereocenters. The molecule has 0 saturated carbocycles. The summed E-state index contributed by atoms with van der Waals surface area (Å²) in [5, 5.41) is 9.44. The number of benzene rings is 1. The van der Waals surface area contributed by atoms with E-state index < -0.39 is 18.6 Å². The number of aromatic nitrogens is 1. The Morgan fingerprint density at radius 2 is 1.89 bits per heavy atom. The van der Waals surface area contributed by atoms with Crippen LogP contribution >= 0.6 is 12.4 Å². The third-order valence-electron chi connectivity index (χ3n) is 2.60. The van der Waals surface area contributed by atoms with E-state index in [0.717, 1.165) is 5.39 Å². The summed E-state index contributed by atoms with van der Waals surface area (Å²) < 4.78 is 26.4. The van der Waals surface area contributed by atoms with Gasteiger partial charge in [-0.1, -0.05) is 24.3 Å². The standard InChI is InChI=1S/C12H12F2N2O.ClH/c13-12(14,7-17)11(15)10-6-5-8-3-1-2-4-9(8)16-10;/h1-6,11,17H,7,15H2;1H/t11-;/m0./s1. The molecule has 18 heavy (non-hydrogen) atoms. The van der Waals surface area contributed by atoms with E-state index in [1.807, 2.05) is 12.1 Å². The molecule has 1 aromatic heterocycles. The van der Waals surface area contributed by atoms with Crippen LogP contribution in [0.3, 0.4) is 0 Å². The van der Waals surface area contributed by atoms with Crippen molar-refractivity contribution < 1.29 is 13.9 Å². The minimum atomic E-state index is -3.37. The molecule has 3 N–H and O–H groups in total. The van der Waals surface area contributed by atoms with Crippen molar-refractivity contribution >= 4 is 23.3 Å². The second-order valence-corrected chi connectivity index (χ2v) is 3.83. The molecule has 3 nitrogen and oxygen atoms in total. The summed E-state index contributed by atoms with van der Waals surface area (Å²) in [6.45, 7) is -1.29. The van der Waals surface area contributed by atoms with Crippen LogP contribution in [0.25, 0.3) is 10.9 Å². The van der Waals surface area contributed by atoms with Crippen molar-refractivity contribution in [3.63, 3.8) is 0 Å². The molecule has 0 spiro atoms. The summed E-state index contributed by atoms with van der Waals surface area (Å²) in [6, 6.07) is 8.71. The van der Waals surface area contributed by atoms with Crippen LogP contribution in [-0.4, -0.2) is 22.6 Å². The van der Waals surface area contributed by atoms with Crippen LogP contribution in [-0.2, 0) is 0 Å². The monoisotopic (exact) mass is 274 g/mol. The van der Waals surface area contributed by atoms with Crippen molar-refractivity contribution in [3.8, 4) is 0 Å². The Morgan fingerprint density at radius 1 is 1.22 bits per heavy atom. The van der Waals surface area contributed by atoms with Crippen molar-refractivity contribution in [1.29, 1.82) is 0 Å². The maximum absolute atomic E-state index is 13.2. The number of aliphatic hydroxyl groups is 1. The zero-order valence-corrected chi connectivity index (χ0v) is 10.2. The average Bonchev–Trinajstić information content (AvgIpc) is 2.37. The summed E-state index contributed by atoms with van der Waals surface area (Å²) >= 11 is 0. The zero-order chi connectivity index (χ0) is 12.5. The molecule has 0 fully saturated rings. The summed E-state index contributed by atoms with van der Waals surface area (Å²) in [6.07, 6.45) is 0. The van der Waals surface area contributed by atoms with Crippen molar-refractivity contribution in [2.45, 2.75) is 12.0 Å². The quantitative estimate of drug-likeness (QED) is 0.903. The molecule has 0 aliphatic heterocycles. The van der Waals surface area contributed by atoms with Gasteiger partial charge in [-0.05, 0) is 12.1 Å². The highest BCUT2D eigenvalue weighted by molar-refractivity contribution is 5.85. The maximum atomic E-state index is 13.2. The molecule has 2 aromatic rings. The Morgan fingerprint density at radius 3 is 2.56 bits per heavy atom. The lowest BCUT2D eigenvalue weighted by atomic mass is 10.1. The fourth-order valence-electron chi connectivity index (χ4n) is 1.57. The van der Waals surface area contributed by atoms with Crippen LogP contribution in [0.2, 0.25) is 0 Å². The van der Waals surface area contributed by atoms with E-state index in [0.29, 0.717) is 5.52 Å². The van der Waals surface area contributed by atoms with Gasteiger partial charge in [-0.3, -0.25) is 4.98 Å². The Bertz CT molecular complexity index is 536. The number of nitrogens with zero attached hydrogens (tertiary/aromatic N) is 1. The molecule has 0 aliphatic carbocycles. The third-order valence-corrected chi connectivity index (χ3v) is 2.60. The highest BCUT2D eigenvalue weighted by atomic mass is 35.5. The Kier molecular flexibility index (Phi) is 4.56. The predicted molar refractivity (Wildman–Crippen MR) is 68.0 cm³/mol. The molecule has 0 saturated heterocycles. The third kappa shape index (κ3) is 2.75. The fourth-order valence-corrected chi connectivity index (χ4v) is 1.57. The minimum absolute atomic E-state index is 0. The summed E-state index contributed by atoms with van der Waals surface area (Å²) in [5.41, 5.74) is 6.08. The first-order chi connectivity index (χ1) is 8.04. The fraction of sp³-hybridized carbons (Fsp3) is 0.250. The molecule has 98 valence electrons. The molecule has 6 heteroatoms. The largest absolute Gasteiger partial charge is 0.390 e. The average molecular weight is 275 g/mol. The van der Waals surface area contributed by atoms with Gasteiger partial charge in [0.2, 0.25) is 0 Å². The highest BCUT2D eigenvalue weighted by Crippen LogP contribution is 2.28. The first-order valence-electron chi connectivity index (χ1n) is 5.14. The lowest BCUT2D eigenvalue weighted by molar-refractivity contribution is -0.0720. The van der Waals surface area contributed by atoms with Crippen LogP contribution in [0, 0.1) is 0 Å². The number of alkyl halides is 2. The van der Waals surface area contributed by atoms with Gasteiger partial charge in [-0.25, -0.2) is 8.78 Å². The number of hydrogen-bond acceptors (Lipinski definition) is 3. The van der Waals surface area contributed by atoms with Gasteiger partial charge in [0, 0.05) is 5.39 Å². The van der Waals surface area contributed by atoms with Gasteiger partial charge >= 0.3 is 0 Å². The summed E-state index contributed by atoms with van der Waals surface area (Å²) in [4.78, 5) is 4.07. The smallest absolute Gasteiger partial charge is 0.291 e. The Balaban J connectivity index is 0.00000162. The summed E-state index contributed by atoms with van der Waals surface area (Å²) in [7, 11) is 0. The minimum Gasteiger partial charge on any atom is -0.390 e. The van der Waals surface area contributed by atoms with Crippen molar-refractivity contribution in [2.24, 2.45) is 5.73 Å². The van der Waals surface area contributed by atoms with Gasteiger partial charge in [-0.2, -0.15) is 0 Å². The normalized spacial score (nSPS) is 13.1. The molecule has 0 bridgehead atoms. The van der Waals surface area contributed by atoms with Gasteiger partial charge in [0.1, 0.15) is 12.6 Å². The highest BCUT2D eigenvalue weighted by Gasteiger charge is 2.38. The molecule has 2 rings (SSSR count). The van der Waals surface area contributed by atoms with E-state index >= 15 is 0 Å². The van der Waals surface area contributed by atoms with E-state index in [9.17, 15) is 8.78 Å². The number of nitrogens with two attached hydrogens (primary N) is 1. The number of pyridine rings is 1. The molecule has 1 heterocycles. The number of fused-ring (bicyclic) bond motifs is 1. The zero-order valence-electron chi connectivity index (χ0n) is 9.38. The van der Waals surface area contributed by atoms with Crippen molar-refractivity contribution in [1.82, 2.24) is 4.98 Å². The molecular weight excluding hydrogens is 262 g/mol. The number of para-hydroxylation sites is 1. The van der Waals surface area contributed by atoms with Crippen LogP contribution in [0.15, 0.2) is 36.4 Å². The second kappa shape index (κ2) is 5.56.